The average molecular weight is 281 g/mol. The van der Waals surface area contributed by atoms with Crippen LogP contribution in [0.3, 0.4) is 0 Å². The number of allylic oxidation sites excluding steroid dienone is 1. The minimum absolute atomic E-state index is 0.298. The summed E-state index contributed by atoms with van der Waals surface area (Å²) in [6.45, 7) is 0.298. The van der Waals surface area contributed by atoms with Gasteiger partial charge in [0.1, 0.15) is 18.5 Å². The standard InChI is InChI=1S/C16H21ClO2/c17-14-9-6-10-15(11-14)19-12-16(18)13-7-4-2-1-3-5-8-13/h6-7,9-11,16,18H,1-5,8,12H2/b13-7+. The van der Waals surface area contributed by atoms with Gasteiger partial charge in [-0.05, 0) is 49.5 Å². The summed E-state index contributed by atoms with van der Waals surface area (Å²) in [6.07, 6.45) is 8.70. The summed E-state index contributed by atoms with van der Waals surface area (Å²) in [4.78, 5) is 0. The zero-order chi connectivity index (χ0) is 13.5. The minimum atomic E-state index is -0.503. The van der Waals surface area contributed by atoms with E-state index in [1.165, 1.54) is 25.7 Å². The molecule has 1 aromatic carbocycles. The average Bonchev–Trinajstić information content (AvgIpc) is 2.36. The van der Waals surface area contributed by atoms with Crippen molar-refractivity contribution in [3.05, 3.63) is 40.9 Å². The molecule has 1 unspecified atom stereocenters. The van der Waals surface area contributed by atoms with E-state index in [9.17, 15) is 5.11 Å². The Labute approximate surface area is 120 Å². The molecule has 0 aromatic heterocycles. The van der Waals surface area contributed by atoms with E-state index in [0.717, 1.165) is 18.4 Å². The summed E-state index contributed by atoms with van der Waals surface area (Å²) in [5.41, 5.74) is 1.13. The number of ether oxygens (including phenoxy) is 1. The zero-order valence-electron chi connectivity index (χ0n) is 11.1. The van der Waals surface area contributed by atoms with E-state index in [1.54, 1.807) is 6.07 Å². The zero-order valence-corrected chi connectivity index (χ0v) is 11.9. The van der Waals surface area contributed by atoms with Gasteiger partial charge in [0.15, 0.2) is 0 Å². The van der Waals surface area contributed by atoms with E-state index in [0.29, 0.717) is 17.4 Å². The van der Waals surface area contributed by atoms with Gasteiger partial charge in [-0.15, -0.1) is 0 Å². The molecule has 104 valence electrons. The van der Waals surface area contributed by atoms with Crippen molar-refractivity contribution in [2.24, 2.45) is 0 Å². The number of aliphatic hydroxyl groups is 1. The van der Waals surface area contributed by atoms with Crippen LogP contribution in [0.15, 0.2) is 35.9 Å². The molecule has 1 aliphatic rings. The second-order valence-electron chi connectivity index (χ2n) is 5.02. The SMILES string of the molecule is OC(COc1cccc(Cl)c1)/C1=C/CCCCCC1. The fourth-order valence-corrected chi connectivity index (χ4v) is 2.54. The third-order valence-electron chi connectivity index (χ3n) is 3.46. The van der Waals surface area contributed by atoms with Crippen LogP contribution in [0.5, 0.6) is 5.75 Å². The molecule has 0 aliphatic heterocycles. The Morgan fingerprint density at radius 3 is 2.89 bits per heavy atom. The molecule has 0 amide bonds. The minimum Gasteiger partial charge on any atom is -0.490 e. The molecular formula is C16H21ClO2. The topological polar surface area (TPSA) is 29.5 Å². The molecule has 0 spiro atoms. The first-order valence-electron chi connectivity index (χ1n) is 7.01. The lowest BCUT2D eigenvalue weighted by molar-refractivity contribution is 0.131. The first-order chi connectivity index (χ1) is 9.25. The van der Waals surface area contributed by atoms with Gasteiger partial charge in [-0.1, -0.05) is 36.6 Å². The van der Waals surface area contributed by atoms with Crippen LogP contribution in [0.1, 0.15) is 38.5 Å². The Balaban J connectivity index is 1.87. The normalized spacial score (nSPS) is 20.8. The number of halogens is 1. The molecule has 2 rings (SSSR count). The summed E-state index contributed by atoms with van der Waals surface area (Å²) in [5.74, 6) is 0.706. The highest BCUT2D eigenvalue weighted by Gasteiger charge is 2.13. The van der Waals surface area contributed by atoms with Crippen molar-refractivity contribution in [2.45, 2.75) is 44.6 Å². The largest absolute Gasteiger partial charge is 0.490 e. The van der Waals surface area contributed by atoms with Gasteiger partial charge in [-0.2, -0.15) is 0 Å². The lowest BCUT2D eigenvalue weighted by atomic mass is 9.97. The Kier molecular flexibility index (Phi) is 5.74. The fraction of sp³-hybridized carbons (Fsp3) is 0.500. The van der Waals surface area contributed by atoms with Crippen LogP contribution in [0.2, 0.25) is 5.02 Å². The van der Waals surface area contributed by atoms with Crippen LogP contribution in [0.25, 0.3) is 0 Å². The highest BCUT2D eigenvalue weighted by Crippen LogP contribution is 2.21. The van der Waals surface area contributed by atoms with Crippen LogP contribution in [0, 0.1) is 0 Å². The van der Waals surface area contributed by atoms with E-state index in [4.69, 9.17) is 16.3 Å². The smallest absolute Gasteiger partial charge is 0.120 e. The van der Waals surface area contributed by atoms with Crippen LogP contribution in [-0.2, 0) is 0 Å². The Morgan fingerprint density at radius 1 is 1.21 bits per heavy atom. The predicted molar refractivity (Wildman–Crippen MR) is 78.7 cm³/mol. The molecule has 1 N–H and O–H groups in total. The van der Waals surface area contributed by atoms with Crippen molar-refractivity contribution in [3.63, 3.8) is 0 Å². The Morgan fingerprint density at radius 2 is 2.05 bits per heavy atom. The maximum absolute atomic E-state index is 10.2. The third kappa shape index (κ3) is 4.88. The first-order valence-corrected chi connectivity index (χ1v) is 7.39. The van der Waals surface area contributed by atoms with Crippen molar-refractivity contribution in [1.82, 2.24) is 0 Å². The van der Waals surface area contributed by atoms with Gasteiger partial charge in [0.05, 0.1) is 0 Å². The summed E-state index contributed by atoms with van der Waals surface area (Å²) in [6, 6.07) is 7.27. The molecule has 0 radical (unpaired) electrons. The Bertz CT molecular complexity index is 429. The first kappa shape index (κ1) is 14.4. The van der Waals surface area contributed by atoms with Gasteiger partial charge < -0.3 is 9.84 Å². The molecule has 1 aromatic rings. The lowest BCUT2D eigenvalue weighted by Crippen LogP contribution is -2.20. The van der Waals surface area contributed by atoms with E-state index < -0.39 is 6.10 Å². The van der Waals surface area contributed by atoms with Crippen molar-refractivity contribution >= 4 is 11.6 Å². The quantitative estimate of drug-likeness (QED) is 0.831. The van der Waals surface area contributed by atoms with Crippen molar-refractivity contribution < 1.29 is 9.84 Å². The maximum Gasteiger partial charge on any atom is 0.120 e. The fourth-order valence-electron chi connectivity index (χ4n) is 2.36. The van der Waals surface area contributed by atoms with Gasteiger partial charge in [-0.25, -0.2) is 0 Å². The second kappa shape index (κ2) is 7.56. The van der Waals surface area contributed by atoms with Crippen molar-refractivity contribution in [2.75, 3.05) is 6.61 Å². The van der Waals surface area contributed by atoms with Gasteiger partial charge in [0.25, 0.3) is 0 Å². The summed E-state index contributed by atoms with van der Waals surface area (Å²) in [7, 11) is 0. The third-order valence-corrected chi connectivity index (χ3v) is 3.69. The molecule has 0 saturated carbocycles. The van der Waals surface area contributed by atoms with Gasteiger partial charge >= 0.3 is 0 Å². The van der Waals surface area contributed by atoms with E-state index in [2.05, 4.69) is 6.08 Å². The molecule has 0 fully saturated rings. The van der Waals surface area contributed by atoms with Gasteiger partial charge in [0, 0.05) is 5.02 Å². The molecule has 19 heavy (non-hydrogen) atoms. The summed E-state index contributed by atoms with van der Waals surface area (Å²) < 4.78 is 5.60. The molecule has 3 heteroatoms. The molecule has 0 saturated heterocycles. The number of benzene rings is 1. The summed E-state index contributed by atoms with van der Waals surface area (Å²) in [5, 5.41) is 10.8. The Hall–Kier alpha value is -0.990. The lowest BCUT2D eigenvalue weighted by Gasteiger charge is -2.18. The monoisotopic (exact) mass is 280 g/mol. The van der Waals surface area contributed by atoms with E-state index >= 15 is 0 Å². The maximum atomic E-state index is 10.2. The van der Waals surface area contributed by atoms with Crippen LogP contribution in [-0.4, -0.2) is 17.8 Å². The van der Waals surface area contributed by atoms with Gasteiger partial charge in [-0.3, -0.25) is 0 Å². The molecular weight excluding hydrogens is 260 g/mol. The van der Waals surface area contributed by atoms with E-state index in [-0.39, 0.29) is 0 Å². The number of rotatable bonds is 4. The highest BCUT2D eigenvalue weighted by molar-refractivity contribution is 6.30. The summed E-state index contributed by atoms with van der Waals surface area (Å²) >= 11 is 5.89. The van der Waals surface area contributed by atoms with Crippen LogP contribution in [0.4, 0.5) is 0 Å². The second-order valence-corrected chi connectivity index (χ2v) is 5.45. The molecule has 1 aliphatic carbocycles. The molecule has 1 atom stereocenters. The molecule has 0 bridgehead atoms. The van der Waals surface area contributed by atoms with Crippen LogP contribution >= 0.6 is 11.6 Å². The number of hydrogen-bond acceptors (Lipinski definition) is 2. The predicted octanol–water partition coefficient (Wildman–Crippen LogP) is 4.36. The van der Waals surface area contributed by atoms with Gasteiger partial charge in [0.2, 0.25) is 0 Å². The highest BCUT2D eigenvalue weighted by atomic mass is 35.5. The number of hydrogen-bond donors (Lipinski definition) is 1. The molecule has 0 heterocycles. The van der Waals surface area contributed by atoms with Crippen molar-refractivity contribution in [3.8, 4) is 5.75 Å². The van der Waals surface area contributed by atoms with Crippen LogP contribution < -0.4 is 4.74 Å². The molecule has 2 nitrogen and oxygen atoms in total. The van der Waals surface area contributed by atoms with E-state index in [1.807, 2.05) is 18.2 Å². The van der Waals surface area contributed by atoms with Crippen molar-refractivity contribution in [1.29, 1.82) is 0 Å². The number of aliphatic hydroxyl groups excluding tert-OH is 1.